The van der Waals surface area contributed by atoms with Gasteiger partial charge in [-0.15, -0.1) is 4.58 Å². The van der Waals surface area contributed by atoms with Crippen LogP contribution >= 0.6 is 0 Å². The first-order chi connectivity index (χ1) is 7.95. The molecular weight excluding hydrogens is 252 g/mol. The van der Waals surface area contributed by atoms with Crippen LogP contribution in [0.1, 0.15) is 20.8 Å². The molecule has 0 spiro atoms. The first-order valence-corrected chi connectivity index (χ1v) is 6.53. The molecule has 1 unspecified atom stereocenters. The molecule has 0 radical (unpaired) electrons. The Hall–Kier alpha value is -0.553. The fourth-order valence-corrected chi connectivity index (χ4v) is 1.52. The van der Waals surface area contributed by atoms with Crippen LogP contribution in [0.15, 0.2) is 0 Å². The highest BCUT2D eigenvalue weighted by Crippen LogP contribution is 2.13. The van der Waals surface area contributed by atoms with Gasteiger partial charge < -0.3 is 9.31 Å². The summed E-state index contributed by atoms with van der Waals surface area (Å²) in [6.07, 6.45) is 0. The smallest absolute Gasteiger partial charge is 0.350 e. The summed E-state index contributed by atoms with van der Waals surface area (Å²) in [4.78, 5) is 24.2. The van der Waals surface area contributed by atoms with Crippen LogP contribution in [0.25, 0.3) is 0 Å². The van der Waals surface area contributed by atoms with Crippen LogP contribution in [0, 0.1) is 5.92 Å². The summed E-state index contributed by atoms with van der Waals surface area (Å²) < 4.78 is 19.0. The predicted molar refractivity (Wildman–Crippen MR) is 55.6 cm³/mol. The van der Waals surface area contributed by atoms with E-state index >= 15 is 0 Å². The predicted octanol–water partition coefficient (Wildman–Crippen LogP) is 0.745. The van der Waals surface area contributed by atoms with Crippen molar-refractivity contribution in [2.45, 2.75) is 20.8 Å². The van der Waals surface area contributed by atoms with Crippen molar-refractivity contribution in [1.29, 1.82) is 0 Å². The van der Waals surface area contributed by atoms with Crippen LogP contribution in [0.5, 0.6) is 0 Å². The molecule has 102 valence electrons. The molecular formula is C8H18O8Si. The summed E-state index contributed by atoms with van der Waals surface area (Å²) in [5.41, 5.74) is 0. The molecule has 0 saturated heterocycles. The van der Waals surface area contributed by atoms with E-state index in [2.05, 4.69) is 18.9 Å². The molecule has 17 heavy (non-hydrogen) atoms. The van der Waals surface area contributed by atoms with E-state index in [0.29, 0.717) is 0 Å². The zero-order valence-electron chi connectivity index (χ0n) is 10.6. The highest BCUT2D eigenvalue weighted by atomic mass is 28.4. The third-order valence-corrected chi connectivity index (χ3v) is 2.74. The topological polar surface area (TPSA) is 81.7 Å². The third kappa shape index (κ3) is 7.39. The van der Waals surface area contributed by atoms with Gasteiger partial charge in [-0.1, -0.05) is 13.8 Å². The fourth-order valence-electron chi connectivity index (χ4n) is 0.598. The summed E-state index contributed by atoms with van der Waals surface area (Å²) in [7, 11) is -1.32. The van der Waals surface area contributed by atoms with Crippen molar-refractivity contribution in [3.63, 3.8) is 0 Å². The van der Waals surface area contributed by atoms with Crippen LogP contribution in [0.4, 0.5) is 0 Å². The molecule has 0 rings (SSSR count). The van der Waals surface area contributed by atoms with Crippen molar-refractivity contribution in [2.24, 2.45) is 5.92 Å². The van der Waals surface area contributed by atoms with E-state index in [4.69, 9.17) is 13.9 Å². The van der Waals surface area contributed by atoms with Gasteiger partial charge in [-0.3, -0.25) is 0 Å². The zero-order chi connectivity index (χ0) is 13.3. The van der Waals surface area contributed by atoms with Gasteiger partial charge in [0.25, 0.3) is 0 Å². The van der Waals surface area contributed by atoms with E-state index in [9.17, 15) is 4.79 Å². The minimum absolute atomic E-state index is 0.231. The average molecular weight is 270 g/mol. The van der Waals surface area contributed by atoms with Crippen molar-refractivity contribution in [3.05, 3.63) is 0 Å². The van der Waals surface area contributed by atoms with E-state index in [-0.39, 0.29) is 12.5 Å². The molecule has 0 aliphatic rings. The second-order valence-electron chi connectivity index (χ2n) is 3.37. The lowest BCUT2D eigenvalue weighted by molar-refractivity contribution is -0.371. The van der Waals surface area contributed by atoms with Gasteiger partial charge in [0.05, 0.1) is 13.7 Å². The molecule has 0 aliphatic carbocycles. The summed E-state index contributed by atoms with van der Waals surface area (Å²) >= 11 is 0. The zero-order valence-corrected chi connectivity index (χ0v) is 11.6. The Morgan fingerprint density at radius 2 is 1.82 bits per heavy atom. The maximum absolute atomic E-state index is 10.6. The van der Waals surface area contributed by atoms with E-state index in [1.54, 1.807) is 0 Å². The van der Waals surface area contributed by atoms with E-state index < -0.39 is 15.0 Å². The van der Waals surface area contributed by atoms with Crippen LogP contribution < -0.4 is 0 Å². The second-order valence-corrected chi connectivity index (χ2v) is 5.28. The molecule has 0 aliphatic heterocycles. The highest BCUT2D eigenvalue weighted by molar-refractivity contribution is 6.52. The van der Waals surface area contributed by atoms with Crippen molar-refractivity contribution in [1.82, 2.24) is 0 Å². The Balaban J connectivity index is 4.30. The van der Waals surface area contributed by atoms with Gasteiger partial charge in [0.2, 0.25) is 0 Å². The SMILES string of the molecule is COO[Si](OC)(OOCC(C)C)OOC(C)=O. The number of carbonyl (C=O) groups excluding carboxylic acids is 1. The molecule has 9 heteroatoms. The van der Waals surface area contributed by atoms with Gasteiger partial charge in [0, 0.05) is 14.0 Å². The minimum atomic E-state index is -3.79. The van der Waals surface area contributed by atoms with Gasteiger partial charge in [-0.25, -0.2) is 14.6 Å². The van der Waals surface area contributed by atoms with Gasteiger partial charge in [-0.05, 0) is 5.92 Å². The summed E-state index contributed by atoms with van der Waals surface area (Å²) in [5, 5.41) is 0. The van der Waals surface area contributed by atoms with Crippen LogP contribution in [0.3, 0.4) is 0 Å². The average Bonchev–Trinajstić information content (AvgIpc) is 2.25. The van der Waals surface area contributed by atoms with E-state index in [1.807, 2.05) is 13.8 Å². The molecule has 1 atom stereocenters. The van der Waals surface area contributed by atoms with E-state index in [0.717, 1.165) is 6.92 Å². The second kappa shape index (κ2) is 8.52. The Morgan fingerprint density at radius 3 is 2.24 bits per heavy atom. The number of hydrogen-bond acceptors (Lipinski definition) is 8. The van der Waals surface area contributed by atoms with E-state index in [1.165, 1.54) is 14.2 Å². The lowest BCUT2D eigenvalue weighted by Crippen LogP contribution is -2.48. The Labute approximate surface area is 101 Å². The fraction of sp³-hybridized carbons (Fsp3) is 0.875. The maximum atomic E-state index is 10.6. The van der Waals surface area contributed by atoms with Gasteiger partial charge in [0.15, 0.2) is 0 Å². The lowest BCUT2D eigenvalue weighted by Gasteiger charge is -2.21. The summed E-state index contributed by atoms with van der Waals surface area (Å²) in [6, 6.07) is 0. The molecule has 0 fully saturated rings. The van der Waals surface area contributed by atoms with Crippen LogP contribution in [0.2, 0.25) is 0 Å². The molecule has 0 aromatic heterocycles. The normalized spacial score (nSPS) is 14.7. The first kappa shape index (κ1) is 16.4. The number of rotatable bonds is 9. The summed E-state index contributed by atoms with van der Waals surface area (Å²) in [5.74, 6) is -0.457. The maximum Gasteiger partial charge on any atom is 0.773 e. The largest absolute Gasteiger partial charge is 0.773 e. The Morgan fingerprint density at radius 1 is 1.18 bits per heavy atom. The molecule has 0 aromatic rings. The van der Waals surface area contributed by atoms with Crippen molar-refractivity contribution in [3.8, 4) is 0 Å². The molecule has 0 saturated carbocycles. The van der Waals surface area contributed by atoms with Gasteiger partial charge in [-0.2, -0.15) is 9.15 Å². The molecule has 0 aromatic carbocycles. The standard InChI is InChI=1S/C8H18O8Si/c1-7(2)6-12-15-17(11-5,14-10-4)16-13-8(3)9/h7H,6H2,1-5H3. The molecule has 0 amide bonds. The van der Waals surface area contributed by atoms with Gasteiger partial charge >= 0.3 is 15.0 Å². The number of hydrogen-bond donors (Lipinski definition) is 0. The molecule has 0 heterocycles. The van der Waals surface area contributed by atoms with Crippen LogP contribution in [-0.2, 0) is 37.6 Å². The monoisotopic (exact) mass is 270 g/mol. The summed E-state index contributed by atoms with van der Waals surface area (Å²) in [6.45, 7) is 5.28. The first-order valence-electron chi connectivity index (χ1n) is 4.89. The third-order valence-electron chi connectivity index (χ3n) is 1.26. The highest BCUT2D eigenvalue weighted by Gasteiger charge is 2.52. The number of carbonyl (C=O) groups is 1. The van der Waals surface area contributed by atoms with Crippen molar-refractivity contribution >= 4 is 15.0 Å². The van der Waals surface area contributed by atoms with Crippen molar-refractivity contribution in [2.75, 3.05) is 20.8 Å². The van der Waals surface area contributed by atoms with Gasteiger partial charge in [0.1, 0.15) is 0 Å². The molecule has 0 N–H and O–H groups in total. The molecule has 0 bridgehead atoms. The Bertz CT molecular complexity index is 224. The van der Waals surface area contributed by atoms with Crippen LogP contribution in [-0.4, -0.2) is 35.8 Å². The quantitative estimate of drug-likeness (QED) is 0.345. The Kier molecular flexibility index (Phi) is 8.25. The minimum Gasteiger partial charge on any atom is -0.350 e. The molecule has 8 nitrogen and oxygen atoms in total. The lowest BCUT2D eigenvalue weighted by atomic mass is 10.2. The van der Waals surface area contributed by atoms with Crippen molar-refractivity contribution < 1.29 is 37.6 Å².